The van der Waals surface area contributed by atoms with Gasteiger partial charge in [0.05, 0.1) is 12.0 Å². The fraction of sp³-hybridized carbons (Fsp3) is 0.917. The van der Waals surface area contributed by atoms with Gasteiger partial charge in [-0.3, -0.25) is 4.79 Å². The molecular weight excluding hydrogens is 240 g/mol. The smallest absolute Gasteiger partial charge is 0.228 e. The molecule has 1 saturated carbocycles. The lowest BCUT2D eigenvalue weighted by atomic mass is 9.78. The maximum absolute atomic E-state index is 12.3. The Labute approximate surface area is 109 Å². The number of hydrogen-bond acceptors (Lipinski definition) is 3. The fourth-order valence-corrected chi connectivity index (χ4v) is 2.51. The van der Waals surface area contributed by atoms with Crippen LogP contribution in [0, 0.1) is 5.41 Å². The van der Waals surface area contributed by atoms with Crippen molar-refractivity contribution in [1.82, 2.24) is 10.6 Å². The van der Waals surface area contributed by atoms with Crippen LogP contribution in [0.25, 0.3) is 0 Å². The third-order valence-electron chi connectivity index (χ3n) is 3.90. The van der Waals surface area contributed by atoms with Gasteiger partial charge in [0.2, 0.25) is 5.91 Å². The molecule has 1 heterocycles. The van der Waals surface area contributed by atoms with Crippen LogP contribution < -0.4 is 10.6 Å². The average molecular weight is 263 g/mol. The molecule has 1 amide bonds. The van der Waals surface area contributed by atoms with E-state index in [2.05, 4.69) is 10.6 Å². The molecule has 5 heteroatoms. The van der Waals surface area contributed by atoms with Crippen molar-refractivity contribution in [2.45, 2.75) is 38.1 Å². The van der Waals surface area contributed by atoms with Crippen LogP contribution in [-0.2, 0) is 9.53 Å². The Morgan fingerprint density at radius 3 is 2.53 bits per heavy atom. The Balaban J connectivity index is 0.00000144. The topological polar surface area (TPSA) is 50.4 Å². The molecule has 2 N–H and O–H groups in total. The first-order valence-electron chi connectivity index (χ1n) is 6.27. The number of ether oxygens (including phenoxy) is 1. The minimum absolute atomic E-state index is 0. The number of methoxy groups -OCH3 is 1. The van der Waals surface area contributed by atoms with Crippen molar-refractivity contribution in [3.63, 3.8) is 0 Å². The van der Waals surface area contributed by atoms with Crippen LogP contribution in [0.15, 0.2) is 0 Å². The zero-order valence-corrected chi connectivity index (χ0v) is 11.3. The van der Waals surface area contributed by atoms with Crippen LogP contribution in [0.3, 0.4) is 0 Å². The Bertz CT molecular complexity index is 245. The summed E-state index contributed by atoms with van der Waals surface area (Å²) in [7, 11) is 1.68. The molecule has 0 bridgehead atoms. The zero-order chi connectivity index (χ0) is 11.4. The van der Waals surface area contributed by atoms with Gasteiger partial charge in [0.25, 0.3) is 0 Å². The van der Waals surface area contributed by atoms with Gasteiger partial charge in [-0.05, 0) is 45.2 Å². The Morgan fingerprint density at radius 1 is 1.41 bits per heavy atom. The van der Waals surface area contributed by atoms with Crippen LogP contribution in [0.4, 0.5) is 0 Å². The van der Waals surface area contributed by atoms with Gasteiger partial charge in [0.1, 0.15) is 0 Å². The molecule has 1 aliphatic carbocycles. The van der Waals surface area contributed by atoms with E-state index in [1.807, 2.05) is 0 Å². The summed E-state index contributed by atoms with van der Waals surface area (Å²) >= 11 is 0. The van der Waals surface area contributed by atoms with E-state index in [4.69, 9.17) is 4.74 Å². The monoisotopic (exact) mass is 262 g/mol. The molecule has 0 spiro atoms. The minimum Gasteiger partial charge on any atom is -0.384 e. The Hall–Kier alpha value is -0.320. The quantitative estimate of drug-likeness (QED) is 0.798. The number of rotatable bonds is 4. The highest BCUT2D eigenvalue weighted by Crippen LogP contribution is 2.30. The molecule has 0 aromatic carbocycles. The minimum atomic E-state index is -0.282. The second-order valence-electron chi connectivity index (χ2n) is 5.06. The molecule has 2 aliphatic rings. The average Bonchev–Trinajstić information content (AvgIpc) is 2.25. The molecule has 4 nitrogen and oxygen atoms in total. The van der Waals surface area contributed by atoms with Gasteiger partial charge < -0.3 is 15.4 Å². The van der Waals surface area contributed by atoms with Gasteiger partial charge in [-0.1, -0.05) is 0 Å². The molecule has 100 valence electrons. The normalized spacial score (nSPS) is 23.4. The summed E-state index contributed by atoms with van der Waals surface area (Å²) in [6, 6.07) is 0.427. The molecule has 17 heavy (non-hydrogen) atoms. The molecular formula is C12H23ClN2O2. The van der Waals surface area contributed by atoms with E-state index in [0.29, 0.717) is 12.6 Å². The molecule has 0 radical (unpaired) electrons. The molecule has 1 aliphatic heterocycles. The predicted molar refractivity (Wildman–Crippen MR) is 69.4 cm³/mol. The van der Waals surface area contributed by atoms with E-state index in [1.54, 1.807) is 7.11 Å². The van der Waals surface area contributed by atoms with E-state index in [-0.39, 0.29) is 23.7 Å². The SMILES string of the molecule is COCC1(C(=O)NC2CCC2)CCNCC1.Cl. The summed E-state index contributed by atoms with van der Waals surface area (Å²) in [5.74, 6) is 0.209. The van der Waals surface area contributed by atoms with Crippen LogP contribution in [0.5, 0.6) is 0 Å². The number of carbonyl (C=O) groups is 1. The highest BCUT2D eigenvalue weighted by molar-refractivity contribution is 5.85. The summed E-state index contributed by atoms with van der Waals surface area (Å²) in [6.45, 7) is 2.39. The zero-order valence-electron chi connectivity index (χ0n) is 10.5. The predicted octanol–water partition coefficient (Wildman–Crippen LogP) is 1.09. The maximum Gasteiger partial charge on any atom is 0.228 e. The number of piperidine rings is 1. The van der Waals surface area contributed by atoms with Crippen LogP contribution in [0.2, 0.25) is 0 Å². The van der Waals surface area contributed by atoms with Gasteiger partial charge in [0.15, 0.2) is 0 Å². The number of carbonyl (C=O) groups excluding carboxylic acids is 1. The summed E-state index contributed by atoms with van der Waals surface area (Å²) in [5.41, 5.74) is -0.282. The van der Waals surface area contributed by atoms with Gasteiger partial charge >= 0.3 is 0 Å². The third-order valence-corrected chi connectivity index (χ3v) is 3.90. The third kappa shape index (κ3) is 3.33. The van der Waals surface area contributed by atoms with E-state index < -0.39 is 0 Å². The van der Waals surface area contributed by atoms with Crippen molar-refractivity contribution in [1.29, 1.82) is 0 Å². The molecule has 2 fully saturated rings. The number of amides is 1. The van der Waals surface area contributed by atoms with E-state index in [0.717, 1.165) is 38.8 Å². The van der Waals surface area contributed by atoms with Crippen molar-refractivity contribution in [2.75, 3.05) is 26.8 Å². The molecule has 1 saturated heterocycles. The van der Waals surface area contributed by atoms with Gasteiger partial charge in [-0.25, -0.2) is 0 Å². The lowest BCUT2D eigenvalue weighted by Crippen LogP contribution is -2.53. The summed E-state index contributed by atoms with van der Waals surface area (Å²) in [6.07, 6.45) is 5.32. The first-order chi connectivity index (χ1) is 7.77. The van der Waals surface area contributed by atoms with Gasteiger partial charge in [-0.15, -0.1) is 12.4 Å². The molecule has 0 atom stereocenters. The number of halogens is 1. The van der Waals surface area contributed by atoms with Crippen LogP contribution >= 0.6 is 12.4 Å². The second kappa shape index (κ2) is 6.57. The summed E-state index contributed by atoms with van der Waals surface area (Å²) < 4.78 is 5.25. The van der Waals surface area contributed by atoms with Crippen molar-refractivity contribution < 1.29 is 9.53 Å². The van der Waals surface area contributed by atoms with E-state index >= 15 is 0 Å². The highest BCUT2D eigenvalue weighted by atomic mass is 35.5. The largest absolute Gasteiger partial charge is 0.384 e. The molecule has 0 aromatic heterocycles. The van der Waals surface area contributed by atoms with Crippen molar-refractivity contribution in [2.24, 2.45) is 5.41 Å². The summed E-state index contributed by atoms with van der Waals surface area (Å²) in [4.78, 5) is 12.3. The molecule has 0 unspecified atom stereocenters. The van der Waals surface area contributed by atoms with Crippen molar-refractivity contribution >= 4 is 18.3 Å². The summed E-state index contributed by atoms with van der Waals surface area (Å²) in [5, 5.41) is 6.46. The fourth-order valence-electron chi connectivity index (χ4n) is 2.51. The van der Waals surface area contributed by atoms with E-state index in [9.17, 15) is 4.79 Å². The maximum atomic E-state index is 12.3. The van der Waals surface area contributed by atoms with Crippen LogP contribution in [-0.4, -0.2) is 38.8 Å². The highest BCUT2D eigenvalue weighted by Gasteiger charge is 2.40. The first kappa shape index (κ1) is 14.7. The second-order valence-corrected chi connectivity index (χ2v) is 5.06. The van der Waals surface area contributed by atoms with Crippen molar-refractivity contribution in [3.05, 3.63) is 0 Å². The Morgan fingerprint density at radius 2 is 2.06 bits per heavy atom. The lowest BCUT2D eigenvalue weighted by Gasteiger charge is -2.38. The standard InChI is InChI=1S/C12H22N2O2.ClH/c1-16-9-12(5-7-13-8-6-12)11(15)14-10-3-2-4-10;/h10,13H,2-9H2,1H3,(H,14,15);1H. The number of nitrogens with one attached hydrogen (secondary N) is 2. The van der Waals surface area contributed by atoms with Crippen LogP contribution in [0.1, 0.15) is 32.1 Å². The van der Waals surface area contributed by atoms with E-state index in [1.165, 1.54) is 6.42 Å². The van der Waals surface area contributed by atoms with Gasteiger partial charge in [-0.2, -0.15) is 0 Å². The van der Waals surface area contributed by atoms with Crippen molar-refractivity contribution in [3.8, 4) is 0 Å². The molecule has 2 rings (SSSR count). The van der Waals surface area contributed by atoms with Gasteiger partial charge in [0, 0.05) is 13.2 Å². The molecule has 0 aromatic rings. The lowest BCUT2D eigenvalue weighted by molar-refractivity contribution is -0.137. The Kier molecular flexibility index (Phi) is 5.70. The number of hydrogen-bond donors (Lipinski definition) is 2. The first-order valence-corrected chi connectivity index (χ1v) is 6.27.